The predicted molar refractivity (Wildman–Crippen MR) is 158 cm³/mol. The first-order valence-corrected chi connectivity index (χ1v) is 14.6. The average Bonchev–Trinajstić information content (AvgIpc) is 3.72. The predicted octanol–water partition coefficient (Wildman–Crippen LogP) is 6.42. The van der Waals surface area contributed by atoms with E-state index in [1.165, 1.54) is 7.11 Å². The standard InChI is InChI=1S/C32H30ClFN6O3/c1-19-13-23(33)8-7-22(19)16-43-30-24(34)15-36-28(39-30)21-5-3-20(4-6-21)14-27-37-25-9-10-26(31(41)42-2)38-29(25)40(27)18-32(17-35)11-12-32/h5,7-10,13,15,20H,3-4,6,11-12,14,16,18H2,1-2H3. The van der Waals surface area contributed by atoms with Gasteiger partial charge in [0.05, 0.1) is 24.8 Å². The van der Waals surface area contributed by atoms with Crippen LogP contribution in [0.2, 0.25) is 5.02 Å². The van der Waals surface area contributed by atoms with E-state index >= 15 is 0 Å². The van der Waals surface area contributed by atoms with E-state index in [0.29, 0.717) is 40.9 Å². The number of hydrogen-bond acceptors (Lipinski definition) is 8. The second-order valence-corrected chi connectivity index (χ2v) is 11.8. The summed E-state index contributed by atoms with van der Waals surface area (Å²) in [5, 5.41) is 10.4. The summed E-state index contributed by atoms with van der Waals surface area (Å²) in [7, 11) is 1.32. The Kier molecular flexibility index (Phi) is 7.84. The summed E-state index contributed by atoms with van der Waals surface area (Å²) in [6.45, 7) is 2.58. The lowest BCUT2D eigenvalue weighted by Crippen LogP contribution is -2.17. The molecule has 2 aliphatic carbocycles. The molecule has 6 rings (SSSR count). The van der Waals surface area contributed by atoms with Gasteiger partial charge in [-0.05, 0) is 85.9 Å². The third kappa shape index (κ3) is 6.09. The number of allylic oxidation sites excluding steroid dienone is 2. The molecular weight excluding hydrogens is 571 g/mol. The molecule has 2 aliphatic rings. The van der Waals surface area contributed by atoms with Gasteiger partial charge in [0.1, 0.15) is 17.9 Å². The van der Waals surface area contributed by atoms with E-state index in [9.17, 15) is 14.4 Å². The molecule has 0 aliphatic heterocycles. The number of aryl methyl sites for hydroxylation is 1. The molecule has 0 radical (unpaired) electrons. The molecule has 9 nitrogen and oxygen atoms in total. The summed E-state index contributed by atoms with van der Waals surface area (Å²) in [6, 6.07) is 11.3. The second kappa shape index (κ2) is 11.7. The highest BCUT2D eigenvalue weighted by Gasteiger charge is 2.44. The quantitative estimate of drug-likeness (QED) is 0.202. The molecule has 0 bridgehead atoms. The normalized spacial score (nSPS) is 17.3. The van der Waals surface area contributed by atoms with Gasteiger partial charge in [0, 0.05) is 18.0 Å². The van der Waals surface area contributed by atoms with Crippen molar-refractivity contribution in [1.82, 2.24) is 24.5 Å². The average molecular weight is 601 g/mol. The van der Waals surface area contributed by atoms with Crippen LogP contribution in [0.1, 0.15) is 65.4 Å². The Morgan fingerprint density at radius 2 is 2.07 bits per heavy atom. The van der Waals surface area contributed by atoms with E-state index in [0.717, 1.165) is 60.8 Å². The molecule has 3 heterocycles. The molecule has 0 amide bonds. The Balaban J connectivity index is 1.19. The summed E-state index contributed by atoms with van der Waals surface area (Å²) < 4.78 is 27.1. The summed E-state index contributed by atoms with van der Waals surface area (Å²) in [5.41, 5.74) is 3.86. The number of benzene rings is 1. The maximum Gasteiger partial charge on any atom is 0.356 e. The SMILES string of the molecule is COC(=O)c1ccc2nc(CC3CC=C(c4ncc(F)c(OCc5ccc(Cl)cc5C)n4)CC3)n(CC3(C#N)CC3)c2n1. The van der Waals surface area contributed by atoms with E-state index in [-0.39, 0.29) is 18.2 Å². The van der Waals surface area contributed by atoms with Crippen molar-refractivity contribution in [1.29, 1.82) is 5.26 Å². The van der Waals surface area contributed by atoms with Crippen molar-refractivity contribution in [3.8, 4) is 11.9 Å². The van der Waals surface area contributed by atoms with Gasteiger partial charge in [0.15, 0.2) is 17.2 Å². The minimum atomic E-state index is -0.613. The molecular formula is C32H30ClFN6O3. The van der Waals surface area contributed by atoms with E-state index in [1.54, 1.807) is 18.2 Å². The number of carbonyl (C=O) groups excluding carboxylic acids is 1. The monoisotopic (exact) mass is 600 g/mol. The van der Waals surface area contributed by atoms with Gasteiger partial charge in [0.2, 0.25) is 5.82 Å². The first-order chi connectivity index (χ1) is 20.8. The zero-order valence-electron chi connectivity index (χ0n) is 23.9. The summed E-state index contributed by atoms with van der Waals surface area (Å²) in [6.07, 6.45) is 7.96. The number of ether oxygens (including phenoxy) is 2. The van der Waals surface area contributed by atoms with E-state index < -0.39 is 17.2 Å². The molecule has 1 aromatic carbocycles. The Morgan fingerprint density at radius 3 is 2.77 bits per heavy atom. The number of methoxy groups -OCH3 is 1. The Morgan fingerprint density at radius 1 is 1.23 bits per heavy atom. The molecule has 3 aromatic heterocycles. The van der Waals surface area contributed by atoms with E-state index in [2.05, 4.69) is 27.1 Å². The number of rotatable bonds is 9. The number of pyridine rings is 1. The number of nitriles is 1. The van der Waals surface area contributed by atoms with Crippen LogP contribution in [0.3, 0.4) is 0 Å². The fourth-order valence-electron chi connectivity index (χ4n) is 5.46. The van der Waals surface area contributed by atoms with Gasteiger partial charge in [-0.15, -0.1) is 0 Å². The van der Waals surface area contributed by atoms with Crippen LogP contribution in [0.4, 0.5) is 4.39 Å². The molecule has 1 atom stereocenters. The molecule has 1 unspecified atom stereocenters. The van der Waals surface area contributed by atoms with Gasteiger partial charge in [-0.1, -0.05) is 23.7 Å². The fourth-order valence-corrected chi connectivity index (χ4v) is 5.68. The highest BCUT2D eigenvalue weighted by molar-refractivity contribution is 6.30. The highest BCUT2D eigenvalue weighted by Crippen LogP contribution is 2.47. The summed E-state index contributed by atoms with van der Waals surface area (Å²) in [5.74, 6) is 0.387. The molecule has 0 saturated heterocycles. The second-order valence-electron chi connectivity index (χ2n) is 11.3. The Labute approximate surface area is 253 Å². The lowest BCUT2D eigenvalue weighted by Gasteiger charge is -2.22. The van der Waals surface area contributed by atoms with Crippen LogP contribution in [0.25, 0.3) is 16.7 Å². The molecule has 0 N–H and O–H groups in total. The van der Waals surface area contributed by atoms with Crippen molar-refractivity contribution in [2.75, 3.05) is 7.11 Å². The molecule has 1 fully saturated rings. The first kappa shape index (κ1) is 28.7. The third-order valence-electron chi connectivity index (χ3n) is 8.28. The van der Waals surface area contributed by atoms with Crippen LogP contribution >= 0.6 is 11.6 Å². The van der Waals surface area contributed by atoms with Crippen molar-refractivity contribution in [3.63, 3.8) is 0 Å². The summed E-state index contributed by atoms with van der Waals surface area (Å²) >= 11 is 6.04. The van der Waals surface area contributed by atoms with Crippen LogP contribution in [-0.4, -0.2) is 37.6 Å². The number of nitrogens with zero attached hydrogens (tertiary/aromatic N) is 6. The first-order valence-electron chi connectivity index (χ1n) is 14.2. The van der Waals surface area contributed by atoms with Crippen molar-refractivity contribution >= 4 is 34.3 Å². The van der Waals surface area contributed by atoms with Gasteiger partial charge in [-0.3, -0.25) is 0 Å². The molecule has 1 saturated carbocycles. The van der Waals surface area contributed by atoms with E-state index in [1.807, 2.05) is 23.6 Å². The van der Waals surface area contributed by atoms with E-state index in [4.69, 9.17) is 26.1 Å². The Bertz CT molecular complexity index is 1790. The van der Waals surface area contributed by atoms with Crippen LogP contribution in [0.15, 0.2) is 42.6 Å². The van der Waals surface area contributed by atoms with Crippen LogP contribution in [0, 0.1) is 35.4 Å². The maximum absolute atomic E-state index is 14.5. The number of carbonyl (C=O) groups is 1. The van der Waals surface area contributed by atoms with Gasteiger partial charge >= 0.3 is 5.97 Å². The highest BCUT2D eigenvalue weighted by atomic mass is 35.5. The van der Waals surface area contributed by atoms with Crippen molar-refractivity contribution < 1.29 is 18.7 Å². The van der Waals surface area contributed by atoms with Crippen LogP contribution < -0.4 is 4.74 Å². The summed E-state index contributed by atoms with van der Waals surface area (Å²) in [4.78, 5) is 30.2. The largest absolute Gasteiger partial charge is 0.471 e. The lowest BCUT2D eigenvalue weighted by molar-refractivity contribution is 0.0594. The number of esters is 1. The van der Waals surface area contributed by atoms with Crippen molar-refractivity contribution in [2.45, 2.75) is 58.6 Å². The lowest BCUT2D eigenvalue weighted by atomic mass is 9.87. The topological polar surface area (TPSA) is 116 Å². The number of imidazole rings is 1. The minimum Gasteiger partial charge on any atom is -0.471 e. The minimum absolute atomic E-state index is 0.0820. The maximum atomic E-state index is 14.5. The smallest absolute Gasteiger partial charge is 0.356 e. The van der Waals surface area contributed by atoms with Crippen LogP contribution in [-0.2, 0) is 24.3 Å². The van der Waals surface area contributed by atoms with Gasteiger partial charge in [-0.2, -0.15) is 14.6 Å². The molecule has 43 heavy (non-hydrogen) atoms. The van der Waals surface area contributed by atoms with Gasteiger partial charge in [0.25, 0.3) is 5.88 Å². The zero-order chi connectivity index (χ0) is 30.1. The molecule has 4 aromatic rings. The number of aromatic nitrogens is 5. The number of hydrogen-bond donors (Lipinski definition) is 0. The fraction of sp³-hybridized carbons (Fsp3) is 0.375. The number of halogens is 2. The van der Waals surface area contributed by atoms with Crippen molar-refractivity contribution in [3.05, 3.63) is 81.9 Å². The molecule has 0 spiro atoms. The van der Waals surface area contributed by atoms with Crippen molar-refractivity contribution in [2.24, 2.45) is 11.3 Å². The van der Waals surface area contributed by atoms with Gasteiger partial charge in [-0.25, -0.2) is 19.7 Å². The molecule has 220 valence electrons. The molecule has 11 heteroatoms. The third-order valence-corrected chi connectivity index (χ3v) is 8.51. The Hall–Kier alpha value is -4.36. The number of fused-ring (bicyclic) bond motifs is 1. The van der Waals surface area contributed by atoms with Crippen LogP contribution in [0.5, 0.6) is 5.88 Å². The van der Waals surface area contributed by atoms with Gasteiger partial charge < -0.3 is 14.0 Å². The zero-order valence-corrected chi connectivity index (χ0v) is 24.7.